The van der Waals surface area contributed by atoms with Gasteiger partial charge in [-0.3, -0.25) is 23.7 Å². The Morgan fingerprint density at radius 1 is 0.923 bits per heavy atom. The van der Waals surface area contributed by atoms with E-state index in [2.05, 4.69) is 10.6 Å². The van der Waals surface area contributed by atoms with Crippen LogP contribution in [0.4, 0.5) is 5.69 Å². The van der Waals surface area contributed by atoms with E-state index in [9.17, 15) is 19.2 Å². The second-order valence-corrected chi connectivity index (χ2v) is 10.9. The molecule has 2 N–H and O–H groups in total. The van der Waals surface area contributed by atoms with Crippen molar-refractivity contribution in [3.05, 3.63) is 88.7 Å². The lowest BCUT2D eigenvalue weighted by molar-refractivity contribution is -0.138. The van der Waals surface area contributed by atoms with Crippen LogP contribution in [0.1, 0.15) is 39.7 Å². The minimum atomic E-state index is -0.789. The van der Waals surface area contributed by atoms with Gasteiger partial charge in [-0.15, -0.1) is 0 Å². The lowest BCUT2D eigenvalue weighted by Crippen LogP contribution is -2.45. The number of amides is 3. The Kier molecular flexibility index (Phi) is 9.82. The third-order valence-electron chi connectivity index (χ3n) is 6.42. The lowest BCUT2D eigenvalue weighted by atomic mass is 9.91. The van der Waals surface area contributed by atoms with E-state index in [4.69, 9.17) is 0 Å². The summed E-state index contributed by atoms with van der Waals surface area (Å²) in [5.74, 6) is -0.952. The highest BCUT2D eigenvalue weighted by molar-refractivity contribution is 5.97. The number of carbonyl (C=O) groups excluding carboxylic acids is 3. The van der Waals surface area contributed by atoms with E-state index in [-0.39, 0.29) is 29.5 Å². The van der Waals surface area contributed by atoms with Crippen molar-refractivity contribution in [3.63, 3.8) is 0 Å². The number of rotatable bonds is 10. The molecule has 3 rings (SSSR count). The number of pyridine rings is 1. The van der Waals surface area contributed by atoms with Crippen LogP contribution < -0.4 is 16.2 Å². The maximum absolute atomic E-state index is 13.5. The third-order valence-corrected chi connectivity index (χ3v) is 6.42. The summed E-state index contributed by atoms with van der Waals surface area (Å²) in [4.78, 5) is 53.4. The van der Waals surface area contributed by atoms with Crippen LogP contribution in [0.2, 0.25) is 0 Å². The van der Waals surface area contributed by atoms with E-state index in [1.807, 2.05) is 81.4 Å². The summed E-state index contributed by atoms with van der Waals surface area (Å²) in [6.07, 6.45) is 0.960. The van der Waals surface area contributed by atoms with Crippen LogP contribution in [0.5, 0.6) is 0 Å². The largest absolute Gasteiger partial charge is 0.354 e. The molecule has 0 radical (unpaired) electrons. The molecular formula is C31H38N4O4. The molecule has 39 heavy (non-hydrogen) atoms. The predicted octanol–water partition coefficient (Wildman–Crippen LogP) is 4.10. The fraction of sp³-hybridized carbons (Fsp3) is 0.355. The molecule has 0 aliphatic carbocycles. The fourth-order valence-corrected chi connectivity index (χ4v) is 4.09. The molecule has 0 saturated carbocycles. The number of hydrogen-bond acceptors (Lipinski definition) is 4. The van der Waals surface area contributed by atoms with Gasteiger partial charge in [-0.2, -0.15) is 0 Å². The summed E-state index contributed by atoms with van der Waals surface area (Å²) in [7, 11) is 1.58. The zero-order valence-corrected chi connectivity index (χ0v) is 23.4. The highest BCUT2D eigenvalue weighted by Gasteiger charge is 2.26. The molecule has 8 nitrogen and oxygen atoms in total. The molecule has 2 aromatic carbocycles. The number of likely N-dealkylation sites (N-methyl/N-ethyl adjacent to an activating group) is 1. The quantitative estimate of drug-likeness (QED) is 0.412. The number of hydrogen-bond donors (Lipinski definition) is 2. The van der Waals surface area contributed by atoms with E-state index in [0.29, 0.717) is 25.1 Å². The summed E-state index contributed by atoms with van der Waals surface area (Å²) < 4.78 is 1.36. The van der Waals surface area contributed by atoms with Crippen molar-refractivity contribution >= 4 is 23.4 Å². The summed E-state index contributed by atoms with van der Waals surface area (Å²) in [5.41, 5.74) is 1.75. The van der Waals surface area contributed by atoms with Crippen molar-refractivity contribution in [3.8, 4) is 11.3 Å². The molecule has 206 valence electrons. The first-order valence-corrected chi connectivity index (χ1v) is 13.1. The van der Waals surface area contributed by atoms with Crippen molar-refractivity contribution in [1.29, 1.82) is 0 Å². The summed E-state index contributed by atoms with van der Waals surface area (Å²) >= 11 is 0. The smallest absolute Gasteiger partial charge is 0.275 e. The highest BCUT2D eigenvalue weighted by atomic mass is 16.2. The van der Waals surface area contributed by atoms with E-state index in [1.54, 1.807) is 20.0 Å². The van der Waals surface area contributed by atoms with Crippen molar-refractivity contribution in [1.82, 2.24) is 14.8 Å². The molecule has 0 fully saturated rings. The third kappa shape index (κ3) is 8.40. The van der Waals surface area contributed by atoms with E-state index in [1.165, 1.54) is 15.5 Å². The number of anilines is 1. The second-order valence-electron chi connectivity index (χ2n) is 10.9. The fourth-order valence-electron chi connectivity index (χ4n) is 4.09. The van der Waals surface area contributed by atoms with Gasteiger partial charge in [-0.05, 0) is 42.0 Å². The maximum Gasteiger partial charge on any atom is 0.275 e. The molecule has 0 bridgehead atoms. The Morgan fingerprint density at radius 3 is 2.15 bits per heavy atom. The predicted molar refractivity (Wildman–Crippen MR) is 154 cm³/mol. The van der Waals surface area contributed by atoms with E-state index < -0.39 is 17.5 Å². The zero-order valence-electron chi connectivity index (χ0n) is 23.4. The maximum atomic E-state index is 13.5. The molecule has 0 spiro atoms. The van der Waals surface area contributed by atoms with Gasteiger partial charge < -0.3 is 15.5 Å². The molecule has 3 amide bonds. The Labute approximate surface area is 230 Å². The first-order valence-electron chi connectivity index (χ1n) is 13.1. The molecule has 0 aliphatic rings. The zero-order chi connectivity index (χ0) is 28.6. The van der Waals surface area contributed by atoms with Crippen LogP contribution in [0.3, 0.4) is 0 Å². The van der Waals surface area contributed by atoms with Gasteiger partial charge in [0.1, 0.15) is 18.3 Å². The summed E-state index contributed by atoms with van der Waals surface area (Å²) in [5, 5.41) is 5.55. The van der Waals surface area contributed by atoms with Crippen LogP contribution >= 0.6 is 0 Å². The highest BCUT2D eigenvalue weighted by Crippen LogP contribution is 2.21. The Bertz CT molecular complexity index is 1340. The van der Waals surface area contributed by atoms with Gasteiger partial charge >= 0.3 is 0 Å². The summed E-state index contributed by atoms with van der Waals surface area (Å²) in [6, 6.07) is 21.6. The first-order chi connectivity index (χ1) is 18.5. The molecule has 0 unspecified atom stereocenters. The van der Waals surface area contributed by atoms with Crippen LogP contribution in [0.25, 0.3) is 11.3 Å². The van der Waals surface area contributed by atoms with Gasteiger partial charge in [-0.1, -0.05) is 81.4 Å². The molecule has 1 heterocycles. The van der Waals surface area contributed by atoms with Crippen LogP contribution in [-0.4, -0.2) is 46.8 Å². The standard InChI is InChI=1S/C31H38N4O4/c1-22(34(5)28(37)20-31(2,3)4)29(38)33-25-16-17-26(24-14-10-7-11-15-24)35(30(25)39)21-27(36)32-19-18-23-12-8-6-9-13-23/h6-17,22H,18-21H2,1-5H3,(H,32,36)(H,33,38)/t22-/m0/s1. The van der Waals surface area contributed by atoms with Gasteiger partial charge in [0.15, 0.2) is 0 Å². The van der Waals surface area contributed by atoms with Gasteiger partial charge in [0.2, 0.25) is 17.7 Å². The number of nitrogens with zero attached hydrogens (tertiary/aromatic N) is 2. The summed E-state index contributed by atoms with van der Waals surface area (Å²) in [6.45, 7) is 7.71. The molecule has 8 heteroatoms. The minimum Gasteiger partial charge on any atom is -0.354 e. The molecule has 1 aromatic heterocycles. The minimum absolute atomic E-state index is 0.0419. The lowest BCUT2D eigenvalue weighted by Gasteiger charge is -2.27. The van der Waals surface area contributed by atoms with E-state index in [0.717, 1.165) is 11.1 Å². The molecular weight excluding hydrogens is 492 g/mol. The van der Waals surface area contributed by atoms with Crippen molar-refractivity contribution in [2.24, 2.45) is 5.41 Å². The number of benzene rings is 2. The number of aromatic nitrogens is 1. The average molecular weight is 531 g/mol. The molecule has 3 aromatic rings. The van der Waals surface area contributed by atoms with Crippen molar-refractivity contribution in [2.75, 3.05) is 18.9 Å². The second kappa shape index (κ2) is 13.0. The van der Waals surface area contributed by atoms with Crippen molar-refractivity contribution in [2.45, 2.75) is 53.1 Å². The number of carbonyl (C=O) groups is 3. The van der Waals surface area contributed by atoms with Crippen LogP contribution in [0, 0.1) is 5.41 Å². The van der Waals surface area contributed by atoms with Crippen LogP contribution in [0.15, 0.2) is 77.6 Å². The molecule has 1 atom stereocenters. The topological polar surface area (TPSA) is 101 Å². The average Bonchev–Trinajstić information content (AvgIpc) is 2.90. The SMILES string of the molecule is C[C@@H](C(=O)Nc1ccc(-c2ccccc2)n(CC(=O)NCCc2ccccc2)c1=O)N(C)C(=O)CC(C)(C)C. The monoisotopic (exact) mass is 530 g/mol. The Balaban J connectivity index is 1.79. The number of nitrogens with one attached hydrogen (secondary N) is 2. The van der Waals surface area contributed by atoms with Crippen molar-refractivity contribution < 1.29 is 14.4 Å². The van der Waals surface area contributed by atoms with Gasteiger partial charge in [0.05, 0.1) is 5.69 Å². The Morgan fingerprint density at radius 2 is 1.54 bits per heavy atom. The van der Waals surface area contributed by atoms with Crippen LogP contribution in [-0.2, 0) is 27.3 Å². The Hall–Kier alpha value is -4.20. The van der Waals surface area contributed by atoms with Gasteiger partial charge in [0.25, 0.3) is 5.56 Å². The van der Waals surface area contributed by atoms with E-state index >= 15 is 0 Å². The van der Waals surface area contributed by atoms with Gasteiger partial charge in [0, 0.05) is 20.0 Å². The normalized spacial score (nSPS) is 11.9. The first kappa shape index (κ1) is 29.4. The molecule has 0 aliphatic heterocycles. The van der Waals surface area contributed by atoms with Gasteiger partial charge in [-0.25, -0.2) is 0 Å². The molecule has 0 saturated heterocycles.